The van der Waals surface area contributed by atoms with Gasteiger partial charge in [0.2, 0.25) is 0 Å². The smallest absolute Gasteiger partial charge is 0.153 e. The molecule has 0 aliphatic carbocycles. The van der Waals surface area contributed by atoms with E-state index in [9.17, 15) is 4.79 Å². The fourth-order valence-corrected chi connectivity index (χ4v) is 2.06. The lowest BCUT2D eigenvalue weighted by molar-refractivity contribution is 0.111. The van der Waals surface area contributed by atoms with E-state index in [4.69, 9.17) is 4.74 Å². The summed E-state index contributed by atoms with van der Waals surface area (Å²) in [5.74, 6) is 1.21. The van der Waals surface area contributed by atoms with Gasteiger partial charge in [0.25, 0.3) is 0 Å². The first kappa shape index (κ1) is 14.3. The summed E-state index contributed by atoms with van der Waals surface area (Å²) < 4.78 is 5.68. The van der Waals surface area contributed by atoms with Crippen molar-refractivity contribution in [1.29, 1.82) is 0 Å². The van der Waals surface area contributed by atoms with E-state index < -0.39 is 0 Å². The van der Waals surface area contributed by atoms with E-state index in [2.05, 4.69) is 38.1 Å². The van der Waals surface area contributed by atoms with Crippen molar-refractivity contribution in [1.82, 2.24) is 0 Å². The van der Waals surface area contributed by atoms with Gasteiger partial charge in [0.15, 0.2) is 6.29 Å². The fourth-order valence-electron chi connectivity index (χ4n) is 2.06. The molecule has 104 valence electrons. The molecular formula is C18H20O2. The molecular weight excluding hydrogens is 248 g/mol. The van der Waals surface area contributed by atoms with Crippen LogP contribution in [0.25, 0.3) is 0 Å². The Labute approximate surface area is 120 Å². The quantitative estimate of drug-likeness (QED) is 0.732. The maximum absolute atomic E-state index is 10.9. The summed E-state index contributed by atoms with van der Waals surface area (Å²) in [5.41, 5.74) is 3.20. The van der Waals surface area contributed by atoms with Crippen LogP contribution in [0.5, 0.6) is 5.75 Å². The molecule has 20 heavy (non-hydrogen) atoms. The van der Waals surface area contributed by atoms with Crippen molar-refractivity contribution < 1.29 is 9.53 Å². The molecule has 0 N–H and O–H groups in total. The number of carbonyl (C=O) groups is 1. The number of rotatable bonds is 6. The number of aldehydes is 1. The topological polar surface area (TPSA) is 26.3 Å². The lowest BCUT2D eigenvalue weighted by Gasteiger charge is -2.09. The van der Waals surface area contributed by atoms with Gasteiger partial charge >= 0.3 is 0 Å². The average Bonchev–Trinajstić information content (AvgIpc) is 2.48. The number of carbonyl (C=O) groups excluding carboxylic acids is 1. The first-order valence-electron chi connectivity index (χ1n) is 6.96. The van der Waals surface area contributed by atoms with E-state index in [0.29, 0.717) is 23.8 Å². The van der Waals surface area contributed by atoms with Gasteiger partial charge in [-0.2, -0.15) is 0 Å². The van der Waals surface area contributed by atoms with Crippen molar-refractivity contribution in [3.8, 4) is 5.75 Å². The molecule has 0 aliphatic rings. The third-order valence-corrected chi connectivity index (χ3v) is 3.34. The highest BCUT2D eigenvalue weighted by molar-refractivity contribution is 5.79. The highest BCUT2D eigenvalue weighted by Gasteiger charge is 2.02. The first-order valence-corrected chi connectivity index (χ1v) is 6.96. The maximum Gasteiger partial charge on any atom is 0.153 e. The van der Waals surface area contributed by atoms with Crippen LogP contribution in [0.4, 0.5) is 0 Å². The molecule has 0 spiro atoms. The summed E-state index contributed by atoms with van der Waals surface area (Å²) in [6.07, 6.45) is 1.67. The minimum atomic E-state index is 0.555. The Kier molecular flexibility index (Phi) is 4.94. The lowest BCUT2D eigenvalue weighted by Crippen LogP contribution is -2.03. The summed E-state index contributed by atoms with van der Waals surface area (Å²) in [4.78, 5) is 10.9. The fraction of sp³-hybridized carbons (Fsp3) is 0.278. The molecule has 2 aromatic rings. The Balaban J connectivity index is 1.91. The predicted octanol–water partition coefficient (Wildman–Crippen LogP) is 4.24. The number of benzene rings is 2. The third-order valence-electron chi connectivity index (χ3n) is 3.34. The summed E-state index contributed by atoms with van der Waals surface area (Å²) in [7, 11) is 0. The molecule has 0 amide bonds. The van der Waals surface area contributed by atoms with Crippen LogP contribution in [0.2, 0.25) is 0 Å². The zero-order valence-electron chi connectivity index (χ0n) is 12.0. The van der Waals surface area contributed by atoms with E-state index in [-0.39, 0.29) is 0 Å². The zero-order chi connectivity index (χ0) is 14.4. The van der Waals surface area contributed by atoms with Crippen LogP contribution >= 0.6 is 0 Å². The molecule has 0 aromatic heterocycles. The lowest BCUT2D eigenvalue weighted by atomic mass is 10.0. The van der Waals surface area contributed by atoms with Crippen LogP contribution in [0.15, 0.2) is 48.5 Å². The van der Waals surface area contributed by atoms with Gasteiger partial charge in [-0.25, -0.2) is 0 Å². The van der Waals surface area contributed by atoms with Crippen LogP contribution in [0.1, 0.15) is 41.3 Å². The molecule has 2 nitrogen and oxygen atoms in total. The molecule has 0 aliphatic heterocycles. The van der Waals surface area contributed by atoms with E-state index in [0.717, 1.165) is 12.7 Å². The SMILES string of the molecule is CC(C)c1ccc(CCOc2ccccc2C=O)cc1. The van der Waals surface area contributed by atoms with Crippen LogP contribution in [-0.2, 0) is 6.42 Å². The molecule has 0 bridgehead atoms. The highest BCUT2D eigenvalue weighted by atomic mass is 16.5. The number of hydrogen-bond donors (Lipinski definition) is 0. The zero-order valence-corrected chi connectivity index (χ0v) is 12.0. The summed E-state index contributed by atoms with van der Waals surface area (Å²) >= 11 is 0. The highest BCUT2D eigenvalue weighted by Crippen LogP contribution is 2.17. The summed E-state index contributed by atoms with van der Waals surface area (Å²) in [5, 5.41) is 0. The van der Waals surface area contributed by atoms with E-state index >= 15 is 0 Å². The van der Waals surface area contributed by atoms with Crippen LogP contribution in [-0.4, -0.2) is 12.9 Å². The van der Waals surface area contributed by atoms with Gasteiger partial charge in [-0.3, -0.25) is 4.79 Å². The molecule has 0 radical (unpaired) electrons. The van der Waals surface area contributed by atoms with Crippen molar-refractivity contribution >= 4 is 6.29 Å². The standard InChI is InChI=1S/C18H20O2/c1-14(2)16-9-7-15(8-10-16)11-12-20-18-6-4-3-5-17(18)13-19/h3-10,13-14H,11-12H2,1-2H3. The van der Waals surface area contributed by atoms with E-state index in [1.54, 1.807) is 6.07 Å². The second kappa shape index (κ2) is 6.90. The van der Waals surface area contributed by atoms with Gasteiger partial charge in [-0.05, 0) is 29.2 Å². The van der Waals surface area contributed by atoms with Crippen molar-refractivity contribution in [2.24, 2.45) is 0 Å². The molecule has 0 unspecified atom stereocenters. The molecule has 0 atom stereocenters. The minimum Gasteiger partial charge on any atom is -0.492 e. The second-order valence-electron chi connectivity index (χ2n) is 5.15. The first-order chi connectivity index (χ1) is 9.70. The van der Waals surface area contributed by atoms with Crippen LogP contribution < -0.4 is 4.74 Å². The Morgan fingerprint density at radius 2 is 1.75 bits per heavy atom. The van der Waals surface area contributed by atoms with Crippen molar-refractivity contribution in [3.63, 3.8) is 0 Å². The monoisotopic (exact) mass is 268 g/mol. The van der Waals surface area contributed by atoms with E-state index in [1.165, 1.54) is 11.1 Å². The summed E-state index contributed by atoms with van der Waals surface area (Å²) in [6, 6.07) is 15.9. The molecule has 0 heterocycles. The average molecular weight is 268 g/mol. The van der Waals surface area contributed by atoms with Crippen molar-refractivity contribution in [3.05, 3.63) is 65.2 Å². The normalized spacial score (nSPS) is 10.6. The largest absolute Gasteiger partial charge is 0.492 e. The number of ether oxygens (including phenoxy) is 1. The molecule has 0 saturated carbocycles. The van der Waals surface area contributed by atoms with Crippen molar-refractivity contribution in [2.45, 2.75) is 26.2 Å². The Hall–Kier alpha value is -2.09. The van der Waals surface area contributed by atoms with Crippen molar-refractivity contribution in [2.75, 3.05) is 6.61 Å². The Morgan fingerprint density at radius 1 is 1.05 bits per heavy atom. The van der Waals surface area contributed by atoms with Crippen LogP contribution in [0.3, 0.4) is 0 Å². The van der Waals surface area contributed by atoms with Gasteiger partial charge in [0.1, 0.15) is 5.75 Å². The molecule has 0 fully saturated rings. The minimum absolute atomic E-state index is 0.555. The van der Waals surface area contributed by atoms with Gasteiger partial charge in [-0.15, -0.1) is 0 Å². The van der Waals surface area contributed by atoms with Gasteiger partial charge in [0, 0.05) is 6.42 Å². The van der Waals surface area contributed by atoms with Gasteiger partial charge < -0.3 is 4.74 Å². The molecule has 2 rings (SSSR count). The molecule has 2 aromatic carbocycles. The Morgan fingerprint density at radius 3 is 2.40 bits per heavy atom. The Bertz CT molecular complexity index is 556. The number of hydrogen-bond acceptors (Lipinski definition) is 2. The number of para-hydroxylation sites is 1. The summed E-state index contributed by atoms with van der Waals surface area (Å²) in [6.45, 7) is 4.95. The van der Waals surface area contributed by atoms with Gasteiger partial charge in [0.05, 0.1) is 12.2 Å². The second-order valence-corrected chi connectivity index (χ2v) is 5.15. The predicted molar refractivity (Wildman–Crippen MR) is 81.6 cm³/mol. The molecule has 0 saturated heterocycles. The third kappa shape index (κ3) is 3.70. The van der Waals surface area contributed by atoms with Gasteiger partial charge in [-0.1, -0.05) is 50.2 Å². The maximum atomic E-state index is 10.9. The molecule has 2 heteroatoms. The van der Waals surface area contributed by atoms with E-state index in [1.807, 2.05) is 18.2 Å². The van der Waals surface area contributed by atoms with Crippen LogP contribution in [0, 0.1) is 0 Å².